The number of benzene rings is 3. The van der Waals surface area contributed by atoms with E-state index in [2.05, 4.69) is 15.3 Å². The summed E-state index contributed by atoms with van der Waals surface area (Å²) >= 11 is 0. The lowest BCUT2D eigenvalue weighted by Crippen LogP contribution is -2.50. The lowest BCUT2D eigenvalue weighted by atomic mass is 9.75. The fraction of sp³-hybridized carbons (Fsp3) is 0.306. The van der Waals surface area contributed by atoms with Gasteiger partial charge in [-0.1, -0.05) is 54.6 Å². The van der Waals surface area contributed by atoms with E-state index in [-0.39, 0.29) is 42.9 Å². The van der Waals surface area contributed by atoms with Crippen LogP contribution < -0.4 is 14.8 Å². The highest BCUT2D eigenvalue weighted by Crippen LogP contribution is 2.21. The van der Waals surface area contributed by atoms with Gasteiger partial charge in [0.15, 0.2) is 11.6 Å². The molecule has 0 aliphatic carbocycles. The Morgan fingerprint density at radius 1 is 0.787 bits per heavy atom. The highest BCUT2D eigenvalue weighted by atomic mass is 16.5. The molecule has 4 aliphatic heterocycles. The Bertz CT molecular complexity index is 1630. The molecule has 1 aromatic heterocycles. The number of ketones is 2. The number of carbonyl (C=O) groups excluding carboxylic acids is 3. The molecule has 1 amide bonds. The molecule has 0 saturated heterocycles. The van der Waals surface area contributed by atoms with Crippen molar-refractivity contribution in [1.82, 2.24) is 15.3 Å². The first-order valence-electron chi connectivity index (χ1n) is 15.9. The molecule has 0 unspecified atom stereocenters. The molecule has 2 atom stereocenters. The molecule has 3 N–H and O–H groups in total. The van der Waals surface area contributed by atoms with Crippen molar-refractivity contribution in [2.75, 3.05) is 13.2 Å². The van der Waals surface area contributed by atoms with Crippen LogP contribution in [0.1, 0.15) is 63.4 Å². The third-order valence-electron chi connectivity index (χ3n) is 8.04. The van der Waals surface area contributed by atoms with Crippen LogP contribution in [0.4, 0.5) is 0 Å². The molecule has 10 nitrogen and oxygen atoms in total. The van der Waals surface area contributed by atoms with Gasteiger partial charge >= 0.3 is 7.12 Å². The van der Waals surface area contributed by atoms with E-state index in [1.165, 1.54) is 12.4 Å². The number of nitrogens with one attached hydrogen (secondary N) is 1. The fourth-order valence-corrected chi connectivity index (χ4v) is 5.35. The first kappa shape index (κ1) is 33.5. The maximum atomic E-state index is 13.7. The second-order valence-electron chi connectivity index (χ2n) is 11.7. The standard InChI is InChI=1S/C36H38BN3O7/c41-33-17-12-25-8-13-29(14-9-25)46-18-4-5-19-47-30-15-10-27(11-16-30)20-28(22-34(42)32-24-38-23-31(33)39-32)36(43)40-35(37(44)45)21-26-6-2-1-3-7-26/h1-3,6-11,13-16,23-24,28,35,44-45H,4-5,12,17-22H2,(H,40,43)/t28-,35+/m1/s1. The molecule has 8 rings (SSSR count). The van der Waals surface area contributed by atoms with Gasteiger partial charge in [0.05, 0.1) is 31.5 Å². The molecule has 6 bridgehead atoms. The van der Waals surface area contributed by atoms with Crippen molar-refractivity contribution in [1.29, 1.82) is 0 Å². The van der Waals surface area contributed by atoms with E-state index in [1.807, 2.05) is 78.9 Å². The van der Waals surface area contributed by atoms with Gasteiger partial charge in [-0.15, -0.1) is 0 Å². The number of amides is 1. The number of ether oxygens (including phenoxy) is 2. The Labute approximate surface area is 274 Å². The summed E-state index contributed by atoms with van der Waals surface area (Å²) < 4.78 is 11.7. The summed E-state index contributed by atoms with van der Waals surface area (Å²) in [5.74, 6) is -1.65. The number of rotatable bonds is 5. The lowest BCUT2D eigenvalue weighted by Gasteiger charge is -2.22. The molecule has 4 aliphatic rings. The zero-order chi connectivity index (χ0) is 33.0. The zero-order valence-electron chi connectivity index (χ0n) is 26.1. The van der Waals surface area contributed by atoms with Crippen LogP contribution in [0, 0.1) is 5.92 Å². The minimum Gasteiger partial charge on any atom is -0.494 e. The maximum absolute atomic E-state index is 13.7. The van der Waals surface area contributed by atoms with Gasteiger partial charge in [0, 0.05) is 18.8 Å². The summed E-state index contributed by atoms with van der Waals surface area (Å²) in [6.07, 6.45) is 5.05. The maximum Gasteiger partial charge on any atom is 0.475 e. The van der Waals surface area contributed by atoms with E-state index in [0.29, 0.717) is 25.4 Å². The van der Waals surface area contributed by atoms with E-state index in [9.17, 15) is 24.4 Å². The van der Waals surface area contributed by atoms with Crippen LogP contribution >= 0.6 is 0 Å². The number of nitrogens with zero attached hydrogens (tertiary/aromatic N) is 2. The number of Topliss-reactive ketones (excluding diaryl/α,β-unsaturated/α-hetero) is 2. The number of hydrogen-bond donors (Lipinski definition) is 3. The minimum atomic E-state index is -1.82. The minimum absolute atomic E-state index is 0.0172. The Morgan fingerprint density at radius 2 is 1.38 bits per heavy atom. The van der Waals surface area contributed by atoms with Crippen LogP contribution in [0.25, 0.3) is 0 Å². The first-order valence-corrected chi connectivity index (χ1v) is 15.9. The van der Waals surface area contributed by atoms with Crippen LogP contribution in [0.5, 0.6) is 11.5 Å². The highest BCUT2D eigenvalue weighted by molar-refractivity contribution is 6.43. The molecule has 0 spiro atoms. The lowest BCUT2D eigenvalue weighted by molar-refractivity contribution is -0.125. The van der Waals surface area contributed by atoms with Crippen molar-refractivity contribution >= 4 is 24.6 Å². The van der Waals surface area contributed by atoms with Crippen molar-refractivity contribution in [3.8, 4) is 11.5 Å². The van der Waals surface area contributed by atoms with Gasteiger partial charge in [-0.3, -0.25) is 19.4 Å². The number of aryl methyl sites for hydroxylation is 1. The summed E-state index contributed by atoms with van der Waals surface area (Å²) in [4.78, 5) is 48.6. The van der Waals surface area contributed by atoms with E-state index >= 15 is 0 Å². The molecule has 11 heteroatoms. The van der Waals surface area contributed by atoms with Gasteiger partial charge in [0.2, 0.25) is 5.91 Å². The third kappa shape index (κ3) is 10.1. The molecule has 0 fully saturated rings. The van der Waals surface area contributed by atoms with E-state index < -0.39 is 30.7 Å². The second-order valence-corrected chi connectivity index (χ2v) is 11.7. The van der Waals surface area contributed by atoms with Gasteiger partial charge < -0.3 is 24.8 Å². The second kappa shape index (κ2) is 16.6. The van der Waals surface area contributed by atoms with E-state index in [0.717, 1.165) is 35.3 Å². The van der Waals surface area contributed by atoms with Crippen LogP contribution in [-0.4, -0.2) is 63.8 Å². The molecule has 3 aromatic carbocycles. The molecular formula is C36H38BN3O7. The van der Waals surface area contributed by atoms with Crippen molar-refractivity contribution in [3.63, 3.8) is 0 Å². The largest absolute Gasteiger partial charge is 0.494 e. The van der Waals surface area contributed by atoms with Crippen molar-refractivity contribution in [3.05, 3.63) is 119 Å². The van der Waals surface area contributed by atoms with Crippen LogP contribution in [0.3, 0.4) is 0 Å². The van der Waals surface area contributed by atoms with Gasteiger partial charge in [-0.2, -0.15) is 0 Å². The van der Waals surface area contributed by atoms with Crippen LogP contribution in [0.15, 0.2) is 91.3 Å². The summed E-state index contributed by atoms with van der Waals surface area (Å²) in [6.45, 7) is 1.07. The molecular weight excluding hydrogens is 597 g/mol. The monoisotopic (exact) mass is 635 g/mol. The third-order valence-corrected chi connectivity index (χ3v) is 8.04. The summed E-state index contributed by atoms with van der Waals surface area (Å²) in [5, 5.41) is 22.9. The van der Waals surface area contributed by atoms with E-state index in [1.54, 1.807) is 0 Å². The zero-order valence-corrected chi connectivity index (χ0v) is 26.1. The number of aromatic nitrogens is 2. The average Bonchev–Trinajstić information content (AvgIpc) is 3.09. The average molecular weight is 636 g/mol. The SMILES string of the molecule is O=C1CCc2ccc(cc2)OCCCCOc2ccc(cc2)C[C@@H](C(=O)N[C@@H](Cc2ccccc2)B(O)O)CC(=O)c2cncc1n2. The summed E-state index contributed by atoms with van der Waals surface area (Å²) in [6, 6.07) is 24.1. The molecule has 5 heterocycles. The molecule has 4 aromatic rings. The van der Waals surface area contributed by atoms with Gasteiger partial charge in [0.1, 0.15) is 22.9 Å². The normalized spacial score (nSPS) is 16.8. The van der Waals surface area contributed by atoms with E-state index in [4.69, 9.17) is 9.47 Å². The summed E-state index contributed by atoms with van der Waals surface area (Å²) in [7, 11) is -1.82. The summed E-state index contributed by atoms with van der Waals surface area (Å²) in [5.41, 5.74) is 2.63. The van der Waals surface area contributed by atoms with Gasteiger partial charge in [0.25, 0.3) is 0 Å². The fourth-order valence-electron chi connectivity index (χ4n) is 5.35. The number of hydrogen-bond acceptors (Lipinski definition) is 9. The van der Waals surface area contributed by atoms with Crippen LogP contribution in [-0.2, 0) is 24.1 Å². The van der Waals surface area contributed by atoms with Crippen LogP contribution in [0.2, 0.25) is 0 Å². The quantitative estimate of drug-likeness (QED) is 0.277. The van der Waals surface area contributed by atoms with Crippen molar-refractivity contribution in [2.24, 2.45) is 5.92 Å². The highest BCUT2D eigenvalue weighted by Gasteiger charge is 2.31. The molecule has 0 radical (unpaired) electrons. The Balaban J connectivity index is 1.37. The first-order chi connectivity index (χ1) is 22.8. The van der Waals surface area contributed by atoms with Crippen molar-refractivity contribution in [2.45, 2.75) is 50.9 Å². The van der Waals surface area contributed by atoms with Crippen molar-refractivity contribution < 1.29 is 33.9 Å². The Hall–Kier alpha value is -4.87. The Morgan fingerprint density at radius 3 is 2.00 bits per heavy atom. The molecule has 0 saturated carbocycles. The molecule has 47 heavy (non-hydrogen) atoms. The smallest absolute Gasteiger partial charge is 0.475 e. The Kier molecular flexibility index (Phi) is 11.8. The van der Waals surface area contributed by atoms with Gasteiger partial charge in [-0.05, 0) is 73.1 Å². The molecule has 242 valence electrons. The predicted octanol–water partition coefficient (Wildman–Crippen LogP) is 4.01. The topological polar surface area (TPSA) is 148 Å². The number of carbonyl (C=O) groups is 3. The van der Waals surface area contributed by atoms with Gasteiger partial charge in [-0.25, -0.2) is 4.98 Å². The predicted molar refractivity (Wildman–Crippen MR) is 176 cm³/mol.